The minimum atomic E-state index is -0.0762. The Morgan fingerprint density at radius 3 is 2.27 bits per heavy atom. The molecule has 0 unspecified atom stereocenters. The third-order valence-corrected chi connectivity index (χ3v) is 5.04. The molecule has 2 heterocycles. The zero-order valence-electron chi connectivity index (χ0n) is 17.3. The van der Waals surface area contributed by atoms with Crippen molar-refractivity contribution in [2.24, 2.45) is 0 Å². The lowest BCUT2D eigenvalue weighted by atomic mass is 10.2. The minimum Gasteiger partial charge on any atom is -0.340 e. The number of amides is 2. The molecule has 2 aromatic carbocycles. The second-order valence-corrected chi connectivity index (χ2v) is 7.46. The summed E-state index contributed by atoms with van der Waals surface area (Å²) in [5, 5.41) is 6.30. The van der Waals surface area contributed by atoms with Crippen molar-refractivity contribution in [3.63, 3.8) is 0 Å². The SMILES string of the molecule is Cc1ccc(Nc2cc(C)nc(N3CCN(C(=O)Nc4ccccc4)CC3)n2)cc1. The van der Waals surface area contributed by atoms with E-state index in [9.17, 15) is 4.79 Å². The van der Waals surface area contributed by atoms with Gasteiger partial charge in [-0.2, -0.15) is 4.98 Å². The third kappa shape index (κ3) is 4.86. The van der Waals surface area contributed by atoms with E-state index in [4.69, 9.17) is 4.98 Å². The summed E-state index contributed by atoms with van der Waals surface area (Å²) in [5.74, 6) is 1.46. The first-order chi connectivity index (χ1) is 14.6. The molecule has 1 saturated heterocycles. The molecule has 154 valence electrons. The number of rotatable bonds is 4. The standard InChI is InChI=1S/C23H26N6O/c1-17-8-10-20(11-9-17)25-21-16-18(2)24-22(27-21)28-12-14-29(15-13-28)23(30)26-19-6-4-3-5-7-19/h3-11,16H,12-15H2,1-2H3,(H,26,30)(H,24,25,27). The van der Waals surface area contributed by atoms with Crippen molar-refractivity contribution in [1.82, 2.24) is 14.9 Å². The summed E-state index contributed by atoms with van der Waals surface area (Å²) in [6.07, 6.45) is 0. The molecule has 0 saturated carbocycles. The largest absolute Gasteiger partial charge is 0.340 e. The van der Waals surface area contributed by atoms with Gasteiger partial charge in [-0.25, -0.2) is 9.78 Å². The summed E-state index contributed by atoms with van der Waals surface area (Å²) >= 11 is 0. The van der Waals surface area contributed by atoms with Gasteiger partial charge in [0.15, 0.2) is 0 Å². The first-order valence-electron chi connectivity index (χ1n) is 10.1. The Hall–Kier alpha value is -3.61. The Bertz CT molecular complexity index is 998. The summed E-state index contributed by atoms with van der Waals surface area (Å²) < 4.78 is 0. The van der Waals surface area contributed by atoms with Gasteiger partial charge in [0.25, 0.3) is 0 Å². The summed E-state index contributed by atoms with van der Waals surface area (Å²) in [6, 6.07) is 19.6. The molecule has 7 heteroatoms. The monoisotopic (exact) mass is 402 g/mol. The number of hydrogen-bond donors (Lipinski definition) is 2. The predicted molar refractivity (Wildman–Crippen MR) is 120 cm³/mol. The first-order valence-corrected chi connectivity index (χ1v) is 10.1. The van der Waals surface area contributed by atoms with E-state index in [1.807, 2.05) is 60.4 Å². The molecular weight excluding hydrogens is 376 g/mol. The van der Waals surface area contributed by atoms with Crippen molar-refractivity contribution in [2.45, 2.75) is 13.8 Å². The third-order valence-electron chi connectivity index (χ3n) is 5.04. The molecule has 0 atom stereocenters. The Labute approximate surface area is 176 Å². The normalized spacial score (nSPS) is 13.8. The molecule has 1 aliphatic heterocycles. The highest BCUT2D eigenvalue weighted by Crippen LogP contribution is 2.20. The number of benzene rings is 2. The van der Waals surface area contributed by atoms with Gasteiger partial charge >= 0.3 is 6.03 Å². The predicted octanol–water partition coefficient (Wildman–Crippen LogP) is 4.19. The molecule has 0 aliphatic carbocycles. The quantitative estimate of drug-likeness (QED) is 0.685. The average Bonchev–Trinajstić information content (AvgIpc) is 2.76. The molecule has 1 aromatic heterocycles. The fraction of sp³-hybridized carbons (Fsp3) is 0.261. The topological polar surface area (TPSA) is 73.4 Å². The van der Waals surface area contributed by atoms with E-state index in [2.05, 4.69) is 39.6 Å². The molecule has 0 radical (unpaired) electrons. The lowest BCUT2D eigenvalue weighted by Gasteiger charge is -2.34. The number of anilines is 4. The molecule has 4 rings (SSSR count). The number of urea groups is 1. The molecule has 0 bridgehead atoms. The Balaban J connectivity index is 1.38. The molecule has 0 spiro atoms. The van der Waals surface area contributed by atoms with Gasteiger partial charge in [0.2, 0.25) is 5.95 Å². The van der Waals surface area contributed by atoms with Crippen molar-refractivity contribution in [2.75, 3.05) is 41.7 Å². The first kappa shape index (κ1) is 19.7. The van der Waals surface area contributed by atoms with Crippen molar-refractivity contribution in [3.8, 4) is 0 Å². The van der Waals surface area contributed by atoms with Crippen LogP contribution in [0, 0.1) is 13.8 Å². The maximum absolute atomic E-state index is 12.5. The Morgan fingerprint density at radius 1 is 0.867 bits per heavy atom. The van der Waals surface area contributed by atoms with E-state index in [1.165, 1.54) is 5.56 Å². The van der Waals surface area contributed by atoms with Gasteiger partial charge in [-0.05, 0) is 38.1 Å². The zero-order valence-corrected chi connectivity index (χ0v) is 17.3. The lowest BCUT2D eigenvalue weighted by molar-refractivity contribution is 0.208. The molecule has 1 fully saturated rings. The zero-order chi connectivity index (χ0) is 20.9. The van der Waals surface area contributed by atoms with Crippen LogP contribution < -0.4 is 15.5 Å². The highest BCUT2D eigenvalue weighted by atomic mass is 16.2. The number of aromatic nitrogens is 2. The maximum atomic E-state index is 12.5. The summed E-state index contributed by atoms with van der Waals surface area (Å²) in [6.45, 7) is 6.66. The van der Waals surface area contributed by atoms with Crippen molar-refractivity contribution in [1.29, 1.82) is 0 Å². The van der Waals surface area contributed by atoms with Crippen LogP contribution in [0.2, 0.25) is 0 Å². The van der Waals surface area contributed by atoms with E-state index < -0.39 is 0 Å². The second-order valence-electron chi connectivity index (χ2n) is 7.46. The Kier molecular flexibility index (Phi) is 5.79. The number of nitrogens with one attached hydrogen (secondary N) is 2. The Morgan fingerprint density at radius 2 is 1.57 bits per heavy atom. The molecule has 1 aliphatic rings. The van der Waals surface area contributed by atoms with Crippen LogP contribution in [0.4, 0.5) is 27.9 Å². The van der Waals surface area contributed by atoms with Gasteiger partial charge in [-0.1, -0.05) is 35.9 Å². The smallest absolute Gasteiger partial charge is 0.321 e. The summed E-state index contributed by atoms with van der Waals surface area (Å²) in [4.78, 5) is 25.8. The number of aryl methyl sites for hydroxylation is 2. The fourth-order valence-electron chi connectivity index (χ4n) is 3.38. The number of piperazine rings is 1. The van der Waals surface area contributed by atoms with Crippen LogP contribution in [-0.2, 0) is 0 Å². The number of nitrogens with zero attached hydrogens (tertiary/aromatic N) is 4. The van der Waals surface area contributed by atoms with Crippen LogP contribution in [0.5, 0.6) is 0 Å². The van der Waals surface area contributed by atoms with E-state index in [0.717, 1.165) is 22.9 Å². The van der Waals surface area contributed by atoms with Gasteiger partial charge in [-0.15, -0.1) is 0 Å². The van der Waals surface area contributed by atoms with Crippen LogP contribution in [0.3, 0.4) is 0 Å². The van der Waals surface area contributed by atoms with Gasteiger partial charge in [0.1, 0.15) is 5.82 Å². The van der Waals surface area contributed by atoms with Crippen molar-refractivity contribution in [3.05, 3.63) is 71.9 Å². The number of carbonyl (C=O) groups excluding carboxylic acids is 1. The van der Waals surface area contributed by atoms with Gasteiger partial charge in [0.05, 0.1) is 0 Å². The van der Waals surface area contributed by atoms with Crippen LogP contribution in [-0.4, -0.2) is 47.1 Å². The number of hydrogen-bond acceptors (Lipinski definition) is 5. The average molecular weight is 403 g/mol. The van der Waals surface area contributed by atoms with Crippen LogP contribution in [0.1, 0.15) is 11.3 Å². The summed E-state index contributed by atoms with van der Waals surface area (Å²) in [7, 11) is 0. The lowest BCUT2D eigenvalue weighted by Crippen LogP contribution is -2.50. The van der Waals surface area contributed by atoms with Crippen molar-refractivity contribution < 1.29 is 4.79 Å². The highest BCUT2D eigenvalue weighted by molar-refractivity contribution is 5.89. The van der Waals surface area contributed by atoms with E-state index >= 15 is 0 Å². The molecule has 2 amide bonds. The molecular formula is C23H26N6O. The van der Waals surface area contributed by atoms with E-state index in [0.29, 0.717) is 32.1 Å². The maximum Gasteiger partial charge on any atom is 0.321 e. The van der Waals surface area contributed by atoms with Crippen LogP contribution >= 0.6 is 0 Å². The summed E-state index contributed by atoms with van der Waals surface area (Å²) in [5.41, 5.74) is 3.92. The second kappa shape index (κ2) is 8.82. The molecule has 2 N–H and O–H groups in total. The van der Waals surface area contributed by atoms with Gasteiger partial charge in [-0.3, -0.25) is 0 Å². The minimum absolute atomic E-state index is 0.0762. The van der Waals surface area contributed by atoms with Crippen molar-refractivity contribution >= 4 is 29.2 Å². The molecule has 30 heavy (non-hydrogen) atoms. The van der Waals surface area contributed by atoms with Crippen LogP contribution in [0.15, 0.2) is 60.7 Å². The van der Waals surface area contributed by atoms with E-state index in [1.54, 1.807) is 0 Å². The van der Waals surface area contributed by atoms with Crippen LogP contribution in [0.25, 0.3) is 0 Å². The highest BCUT2D eigenvalue weighted by Gasteiger charge is 2.23. The number of para-hydroxylation sites is 1. The molecule has 3 aromatic rings. The van der Waals surface area contributed by atoms with Gasteiger partial charge < -0.3 is 20.4 Å². The molecule has 7 nitrogen and oxygen atoms in total. The number of carbonyl (C=O) groups is 1. The van der Waals surface area contributed by atoms with E-state index in [-0.39, 0.29) is 6.03 Å². The van der Waals surface area contributed by atoms with Gasteiger partial charge in [0, 0.05) is 49.3 Å². The fourth-order valence-corrected chi connectivity index (χ4v) is 3.38.